The number of hydrogen-bond acceptors (Lipinski definition) is 7. The number of aromatic nitrogens is 2. The highest BCUT2D eigenvalue weighted by Crippen LogP contribution is 2.34. The molecular formula is C23H21F3N4O4. The lowest BCUT2D eigenvalue weighted by atomic mass is 10.0. The van der Waals surface area contributed by atoms with Crippen molar-refractivity contribution in [2.24, 2.45) is 0 Å². The number of nitrogens with zero attached hydrogens (tertiary/aromatic N) is 3. The second kappa shape index (κ2) is 8.41. The first kappa shape index (κ1) is 22.4. The maximum Gasteiger partial charge on any atom is 0.573 e. The predicted molar refractivity (Wildman–Crippen MR) is 115 cm³/mol. The molecule has 1 aromatic carbocycles. The molecule has 2 aliphatic heterocycles. The van der Waals surface area contributed by atoms with Crippen LogP contribution in [0.25, 0.3) is 10.9 Å². The Morgan fingerprint density at radius 2 is 1.94 bits per heavy atom. The molecule has 1 amide bonds. The van der Waals surface area contributed by atoms with Gasteiger partial charge >= 0.3 is 6.36 Å². The number of ether oxygens (including phenoxy) is 3. The van der Waals surface area contributed by atoms with Crippen molar-refractivity contribution in [3.05, 3.63) is 58.9 Å². The van der Waals surface area contributed by atoms with Gasteiger partial charge in [-0.15, -0.1) is 13.2 Å². The van der Waals surface area contributed by atoms with Gasteiger partial charge in [0.1, 0.15) is 11.6 Å². The van der Waals surface area contributed by atoms with E-state index in [-0.39, 0.29) is 18.6 Å². The Balaban J connectivity index is 1.48. The van der Waals surface area contributed by atoms with Gasteiger partial charge in [-0.05, 0) is 42.8 Å². The molecule has 0 unspecified atom stereocenters. The Morgan fingerprint density at radius 3 is 2.68 bits per heavy atom. The zero-order valence-corrected chi connectivity index (χ0v) is 18.1. The zero-order chi connectivity index (χ0) is 24.0. The molecular weight excluding hydrogens is 453 g/mol. The number of halogens is 3. The van der Waals surface area contributed by atoms with Gasteiger partial charge < -0.3 is 24.8 Å². The summed E-state index contributed by atoms with van der Waals surface area (Å²) in [7, 11) is 0. The van der Waals surface area contributed by atoms with Gasteiger partial charge in [0.2, 0.25) is 0 Å². The summed E-state index contributed by atoms with van der Waals surface area (Å²) < 4.78 is 52.5. The molecule has 0 spiro atoms. The van der Waals surface area contributed by atoms with Crippen LogP contribution in [0.5, 0.6) is 5.75 Å². The first-order chi connectivity index (χ1) is 16.2. The first-order valence-corrected chi connectivity index (χ1v) is 10.6. The van der Waals surface area contributed by atoms with Gasteiger partial charge in [-0.1, -0.05) is 0 Å². The van der Waals surface area contributed by atoms with E-state index in [1.807, 2.05) is 6.92 Å². The van der Waals surface area contributed by atoms with Gasteiger partial charge in [0.05, 0.1) is 55.9 Å². The van der Waals surface area contributed by atoms with Crippen molar-refractivity contribution in [1.82, 2.24) is 14.9 Å². The van der Waals surface area contributed by atoms with Crippen molar-refractivity contribution in [2.45, 2.75) is 38.6 Å². The molecule has 2 N–H and O–H groups in total. The highest BCUT2D eigenvalue weighted by molar-refractivity contribution is 5.99. The van der Waals surface area contributed by atoms with Crippen LogP contribution in [0.15, 0.2) is 36.5 Å². The van der Waals surface area contributed by atoms with Crippen molar-refractivity contribution < 1.29 is 32.2 Å². The molecule has 3 aromatic rings. The van der Waals surface area contributed by atoms with Crippen LogP contribution in [0.4, 0.5) is 19.0 Å². The molecule has 2 atom stereocenters. The number of carbonyl (C=O) groups is 1. The van der Waals surface area contributed by atoms with E-state index in [9.17, 15) is 18.0 Å². The van der Waals surface area contributed by atoms with Crippen molar-refractivity contribution in [2.75, 3.05) is 18.9 Å². The van der Waals surface area contributed by atoms with Crippen LogP contribution in [-0.4, -0.2) is 46.4 Å². The number of nitrogens with two attached hydrogens (primary N) is 1. The van der Waals surface area contributed by atoms with E-state index in [0.29, 0.717) is 42.4 Å². The van der Waals surface area contributed by atoms with Crippen LogP contribution < -0.4 is 10.5 Å². The van der Waals surface area contributed by atoms with Crippen LogP contribution in [0.2, 0.25) is 0 Å². The van der Waals surface area contributed by atoms with E-state index in [2.05, 4.69) is 14.7 Å². The van der Waals surface area contributed by atoms with Crippen LogP contribution in [-0.2, 0) is 22.7 Å². The number of amides is 1. The summed E-state index contributed by atoms with van der Waals surface area (Å²) in [6.07, 6.45) is -3.82. The summed E-state index contributed by atoms with van der Waals surface area (Å²) in [6, 6.07) is 6.94. The smallest absolute Gasteiger partial charge is 0.404 e. The van der Waals surface area contributed by atoms with Crippen LogP contribution in [0.3, 0.4) is 0 Å². The third-order valence-corrected chi connectivity index (χ3v) is 5.99. The number of morpholine rings is 1. The minimum absolute atomic E-state index is 0.164. The summed E-state index contributed by atoms with van der Waals surface area (Å²) in [5, 5.41) is 0.803. The fourth-order valence-electron chi connectivity index (χ4n) is 4.42. The van der Waals surface area contributed by atoms with E-state index in [4.69, 9.17) is 15.2 Å². The summed E-state index contributed by atoms with van der Waals surface area (Å²) in [5.41, 5.74) is 9.32. The second-order valence-electron chi connectivity index (χ2n) is 8.26. The Hall–Kier alpha value is -3.44. The lowest BCUT2D eigenvalue weighted by Crippen LogP contribution is -2.49. The molecule has 4 heterocycles. The first-order valence-electron chi connectivity index (χ1n) is 10.6. The number of fused-ring (bicyclic) bond motifs is 3. The number of rotatable bonds is 3. The minimum Gasteiger partial charge on any atom is -0.404 e. The summed E-state index contributed by atoms with van der Waals surface area (Å²) in [5.74, 6) is -0.258. The Bertz CT molecular complexity index is 1250. The minimum atomic E-state index is -4.81. The second-order valence-corrected chi connectivity index (χ2v) is 8.26. The molecule has 11 heteroatoms. The quantitative estimate of drug-likeness (QED) is 0.617. The van der Waals surface area contributed by atoms with Gasteiger partial charge in [0.25, 0.3) is 5.91 Å². The van der Waals surface area contributed by atoms with Gasteiger partial charge in [0, 0.05) is 16.5 Å². The molecule has 0 radical (unpaired) electrons. The number of hydrogen-bond donors (Lipinski definition) is 1. The fourth-order valence-corrected chi connectivity index (χ4v) is 4.42. The van der Waals surface area contributed by atoms with Crippen molar-refractivity contribution in [1.29, 1.82) is 0 Å². The van der Waals surface area contributed by atoms with Crippen LogP contribution in [0.1, 0.15) is 40.1 Å². The summed E-state index contributed by atoms with van der Waals surface area (Å²) in [6.45, 7) is 3.11. The maximum atomic E-state index is 13.7. The van der Waals surface area contributed by atoms with E-state index < -0.39 is 18.2 Å². The predicted octanol–water partition coefficient (Wildman–Crippen LogP) is 3.74. The summed E-state index contributed by atoms with van der Waals surface area (Å²) >= 11 is 0. The number of carbonyl (C=O) groups excluding carboxylic acids is 1. The largest absolute Gasteiger partial charge is 0.573 e. The van der Waals surface area contributed by atoms with Crippen LogP contribution >= 0.6 is 0 Å². The molecule has 5 rings (SSSR count). The molecule has 2 aromatic heterocycles. The topological polar surface area (TPSA) is 99.8 Å². The van der Waals surface area contributed by atoms with Gasteiger partial charge in [-0.25, -0.2) is 4.98 Å². The molecule has 2 aliphatic rings. The van der Waals surface area contributed by atoms with Crippen molar-refractivity contribution in [3.63, 3.8) is 0 Å². The highest BCUT2D eigenvalue weighted by atomic mass is 19.4. The maximum absolute atomic E-state index is 13.7. The number of benzene rings is 1. The molecule has 1 saturated heterocycles. The van der Waals surface area contributed by atoms with E-state index in [1.54, 1.807) is 23.1 Å². The Kier molecular flexibility index (Phi) is 5.53. The molecule has 34 heavy (non-hydrogen) atoms. The normalized spacial score (nSPS) is 20.4. The molecule has 0 aliphatic carbocycles. The van der Waals surface area contributed by atoms with E-state index >= 15 is 0 Å². The number of nitrogen functional groups attached to an aromatic ring is 1. The van der Waals surface area contributed by atoms with E-state index in [0.717, 1.165) is 22.7 Å². The number of alkyl halides is 3. The van der Waals surface area contributed by atoms with Gasteiger partial charge in [-0.2, -0.15) is 0 Å². The lowest BCUT2D eigenvalue weighted by molar-refractivity contribution is -0.274. The molecule has 8 nitrogen and oxygen atoms in total. The lowest BCUT2D eigenvalue weighted by Gasteiger charge is -2.40. The van der Waals surface area contributed by atoms with Crippen LogP contribution in [0, 0.1) is 0 Å². The Labute approximate surface area is 192 Å². The molecule has 0 bridgehead atoms. The average Bonchev–Trinajstić information content (AvgIpc) is 3.29. The van der Waals surface area contributed by atoms with E-state index in [1.165, 1.54) is 12.1 Å². The fraction of sp³-hybridized carbons (Fsp3) is 0.348. The monoisotopic (exact) mass is 474 g/mol. The van der Waals surface area contributed by atoms with Crippen molar-refractivity contribution >= 4 is 22.6 Å². The standard InChI is InChI=1S/C23H21F3N4O4/c1-12-8-32-11-20(19-5-3-14(7-28-19)34-23(24,25)26)30(12)22(31)13-2-4-18-15(6-13)16-9-33-10-17(16)21(27)29-18/h2-7,12,20H,8-11H2,1H3,(H2,27,29)/t12-,20-/m0/s1. The highest BCUT2D eigenvalue weighted by Gasteiger charge is 2.36. The Morgan fingerprint density at radius 1 is 1.15 bits per heavy atom. The molecule has 1 fully saturated rings. The number of anilines is 1. The van der Waals surface area contributed by atoms with Gasteiger partial charge in [-0.3, -0.25) is 9.78 Å². The molecule has 0 saturated carbocycles. The van der Waals surface area contributed by atoms with Crippen molar-refractivity contribution in [3.8, 4) is 5.75 Å². The SMILES string of the molecule is C[C@H]1COC[C@@H](c2ccc(OC(F)(F)F)cn2)N1C(=O)c1ccc2nc(N)c3c(c2c1)COC3. The van der Waals surface area contributed by atoms with Gasteiger partial charge in [0.15, 0.2) is 0 Å². The number of pyridine rings is 2. The third-order valence-electron chi connectivity index (χ3n) is 5.99. The molecule has 178 valence electrons. The third kappa shape index (κ3) is 4.12. The summed E-state index contributed by atoms with van der Waals surface area (Å²) in [4.78, 5) is 23.8. The zero-order valence-electron chi connectivity index (χ0n) is 18.1. The average molecular weight is 474 g/mol.